The molecule has 1 heterocycles. The fourth-order valence-electron chi connectivity index (χ4n) is 2.50. The van der Waals surface area contributed by atoms with Crippen LogP contribution in [0, 0.1) is 6.92 Å². The normalized spacial score (nSPS) is 11.9. The summed E-state index contributed by atoms with van der Waals surface area (Å²) in [4.78, 5) is 18.4. The van der Waals surface area contributed by atoms with E-state index in [1.165, 1.54) is 4.90 Å². The minimum absolute atomic E-state index is 0.194. The fraction of sp³-hybridized carbons (Fsp3) is 0.250. The number of aryl methyl sites for hydroxylation is 1. The molecular weight excluding hydrogens is 366 g/mol. The van der Waals surface area contributed by atoms with Crippen LogP contribution in [0.25, 0.3) is 11.4 Å². The van der Waals surface area contributed by atoms with E-state index in [1.807, 2.05) is 31.2 Å². The van der Waals surface area contributed by atoms with Gasteiger partial charge < -0.3 is 14.2 Å². The van der Waals surface area contributed by atoms with Crippen molar-refractivity contribution in [2.24, 2.45) is 0 Å². The summed E-state index contributed by atoms with van der Waals surface area (Å²) in [5.41, 5.74) is 2.02. The molecular formula is C20H20ClN3O3. The van der Waals surface area contributed by atoms with Gasteiger partial charge in [0.25, 0.3) is 5.91 Å². The van der Waals surface area contributed by atoms with Gasteiger partial charge in [-0.3, -0.25) is 4.79 Å². The predicted molar refractivity (Wildman–Crippen MR) is 102 cm³/mol. The molecule has 27 heavy (non-hydrogen) atoms. The Morgan fingerprint density at radius 3 is 2.52 bits per heavy atom. The van der Waals surface area contributed by atoms with Crippen LogP contribution in [-0.2, 0) is 11.3 Å². The second kappa shape index (κ2) is 8.22. The van der Waals surface area contributed by atoms with Gasteiger partial charge in [0.15, 0.2) is 6.10 Å². The molecule has 1 atom stereocenters. The van der Waals surface area contributed by atoms with Crippen LogP contribution in [0.15, 0.2) is 53.1 Å². The highest BCUT2D eigenvalue weighted by Gasteiger charge is 2.21. The number of carbonyl (C=O) groups is 1. The number of benzene rings is 2. The first-order valence-electron chi connectivity index (χ1n) is 8.49. The van der Waals surface area contributed by atoms with E-state index in [0.29, 0.717) is 22.5 Å². The van der Waals surface area contributed by atoms with Gasteiger partial charge in [-0.2, -0.15) is 4.98 Å². The molecule has 0 N–H and O–H groups in total. The Labute approximate surface area is 162 Å². The molecule has 3 aromatic rings. The smallest absolute Gasteiger partial charge is 0.263 e. The lowest BCUT2D eigenvalue weighted by molar-refractivity contribution is -0.137. The molecule has 0 saturated heterocycles. The number of nitrogens with zero attached hydrogens (tertiary/aromatic N) is 3. The fourth-order valence-corrected chi connectivity index (χ4v) is 2.62. The highest BCUT2D eigenvalue weighted by molar-refractivity contribution is 6.30. The third-order valence-corrected chi connectivity index (χ3v) is 4.25. The van der Waals surface area contributed by atoms with E-state index in [-0.39, 0.29) is 12.5 Å². The summed E-state index contributed by atoms with van der Waals surface area (Å²) >= 11 is 5.85. The summed E-state index contributed by atoms with van der Waals surface area (Å²) in [5, 5.41) is 4.59. The van der Waals surface area contributed by atoms with Crippen LogP contribution in [0.3, 0.4) is 0 Å². The zero-order valence-electron chi connectivity index (χ0n) is 15.3. The lowest BCUT2D eigenvalue weighted by Gasteiger charge is -2.20. The molecule has 0 unspecified atom stereocenters. The second-order valence-corrected chi connectivity index (χ2v) is 6.72. The Morgan fingerprint density at radius 2 is 1.85 bits per heavy atom. The van der Waals surface area contributed by atoms with Gasteiger partial charge in [-0.1, -0.05) is 46.6 Å². The first-order valence-corrected chi connectivity index (χ1v) is 8.87. The summed E-state index contributed by atoms with van der Waals surface area (Å²) in [6.45, 7) is 3.91. The van der Waals surface area contributed by atoms with Crippen molar-refractivity contribution in [2.45, 2.75) is 26.5 Å². The van der Waals surface area contributed by atoms with Crippen LogP contribution in [0.4, 0.5) is 0 Å². The SMILES string of the molecule is Cc1ccc(-c2noc(CN(C)C(=O)[C@H](C)Oc3ccc(Cl)cc3)n2)cc1. The number of amides is 1. The topological polar surface area (TPSA) is 68.5 Å². The van der Waals surface area contributed by atoms with E-state index in [1.54, 1.807) is 38.2 Å². The largest absolute Gasteiger partial charge is 0.481 e. The number of aromatic nitrogens is 2. The average Bonchev–Trinajstić information content (AvgIpc) is 3.12. The third kappa shape index (κ3) is 4.86. The first kappa shape index (κ1) is 18.9. The summed E-state index contributed by atoms with van der Waals surface area (Å²) in [7, 11) is 1.67. The van der Waals surface area contributed by atoms with Crippen molar-refractivity contribution < 1.29 is 14.1 Å². The molecule has 0 aliphatic carbocycles. The van der Waals surface area contributed by atoms with Crippen molar-refractivity contribution in [1.82, 2.24) is 15.0 Å². The van der Waals surface area contributed by atoms with Crippen molar-refractivity contribution in [3.05, 3.63) is 65.0 Å². The van der Waals surface area contributed by atoms with Crippen LogP contribution in [0.5, 0.6) is 5.75 Å². The highest BCUT2D eigenvalue weighted by atomic mass is 35.5. The molecule has 2 aromatic carbocycles. The molecule has 0 aliphatic rings. The quantitative estimate of drug-likeness (QED) is 0.638. The van der Waals surface area contributed by atoms with Gasteiger partial charge in [-0.15, -0.1) is 0 Å². The van der Waals surface area contributed by atoms with Crippen molar-refractivity contribution in [2.75, 3.05) is 7.05 Å². The van der Waals surface area contributed by atoms with E-state index in [4.69, 9.17) is 20.9 Å². The van der Waals surface area contributed by atoms with E-state index in [2.05, 4.69) is 10.1 Å². The molecule has 140 valence electrons. The van der Waals surface area contributed by atoms with Gasteiger partial charge in [0.05, 0.1) is 6.54 Å². The molecule has 1 amide bonds. The standard InChI is InChI=1S/C20H20ClN3O3/c1-13-4-6-15(7-5-13)19-22-18(27-23-19)12-24(3)20(25)14(2)26-17-10-8-16(21)9-11-17/h4-11,14H,12H2,1-3H3/t14-/m0/s1. The minimum atomic E-state index is -0.657. The summed E-state index contributed by atoms with van der Waals surface area (Å²) in [6, 6.07) is 14.7. The van der Waals surface area contributed by atoms with E-state index < -0.39 is 6.10 Å². The molecule has 0 spiro atoms. The Kier molecular flexibility index (Phi) is 5.76. The number of rotatable bonds is 6. The Bertz CT molecular complexity index is 907. The molecule has 7 heteroatoms. The lowest BCUT2D eigenvalue weighted by Crippen LogP contribution is -2.37. The Hall–Kier alpha value is -2.86. The van der Waals surface area contributed by atoms with Crippen molar-refractivity contribution in [3.8, 4) is 17.1 Å². The molecule has 1 aromatic heterocycles. The number of ether oxygens (including phenoxy) is 1. The molecule has 0 radical (unpaired) electrons. The minimum Gasteiger partial charge on any atom is -0.481 e. The number of halogens is 1. The summed E-state index contributed by atoms with van der Waals surface area (Å²) < 4.78 is 10.9. The summed E-state index contributed by atoms with van der Waals surface area (Å²) in [5.74, 6) is 1.24. The Morgan fingerprint density at radius 1 is 1.19 bits per heavy atom. The third-order valence-electron chi connectivity index (χ3n) is 4.00. The maximum atomic E-state index is 12.5. The van der Waals surface area contributed by atoms with E-state index in [0.717, 1.165) is 11.1 Å². The van der Waals surface area contributed by atoms with Gasteiger partial charge in [-0.25, -0.2) is 0 Å². The monoisotopic (exact) mass is 385 g/mol. The highest BCUT2D eigenvalue weighted by Crippen LogP contribution is 2.19. The first-order chi connectivity index (χ1) is 12.9. The molecule has 0 saturated carbocycles. The zero-order chi connectivity index (χ0) is 19.4. The van der Waals surface area contributed by atoms with E-state index >= 15 is 0 Å². The molecule has 6 nitrogen and oxygen atoms in total. The Balaban J connectivity index is 1.60. The summed E-state index contributed by atoms with van der Waals surface area (Å²) in [6.07, 6.45) is -0.657. The van der Waals surface area contributed by atoms with Crippen LogP contribution in [0.2, 0.25) is 5.02 Å². The van der Waals surface area contributed by atoms with Gasteiger partial charge in [0.1, 0.15) is 5.75 Å². The molecule has 3 rings (SSSR count). The number of likely N-dealkylation sites (N-methyl/N-ethyl adjacent to an activating group) is 1. The maximum absolute atomic E-state index is 12.5. The van der Waals surface area contributed by atoms with Crippen LogP contribution in [-0.4, -0.2) is 34.1 Å². The van der Waals surface area contributed by atoms with Crippen LogP contribution >= 0.6 is 11.6 Å². The lowest BCUT2D eigenvalue weighted by atomic mass is 10.1. The van der Waals surface area contributed by atoms with Crippen LogP contribution < -0.4 is 4.74 Å². The van der Waals surface area contributed by atoms with Crippen molar-refractivity contribution in [3.63, 3.8) is 0 Å². The average molecular weight is 386 g/mol. The predicted octanol–water partition coefficient (Wildman–Crippen LogP) is 4.12. The maximum Gasteiger partial charge on any atom is 0.263 e. The van der Waals surface area contributed by atoms with Gasteiger partial charge >= 0.3 is 0 Å². The molecule has 0 fully saturated rings. The number of hydrogen-bond acceptors (Lipinski definition) is 5. The van der Waals surface area contributed by atoms with Gasteiger partial charge in [0, 0.05) is 17.6 Å². The molecule has 0 aliphatic heterocycles. The van der Waals surface area contributed by atoms with Crippen LogP contribution in [0.1, 0.15) is 18.4 Å². The van der Waals surface area contributed by atoms with E-state index in [9.17, 15) is 4.79 Å². The molecule has 0 bridgehead atoms. The zero-order valence-corrected chi connectivity index (χ0v) is 16.1. The van der Waals surface area contributed by atoms with Gasteiger partial charge in [0.2, 0.25) is 11.7 Å². The second-order valence-electron chi connectivity index (χ2n) is 6.29. The van der Waals surface area contributed by atoms with Crippen molar-refractivity contribution in [1.29, 1.82) is 0 Å². The number of carbonyl (C=O) groups excluding carboxylic acids is 1. The van der Waals surface area contributed by atoms with Gasteiger partial charge in [-0.05, 0) is 38.1 Å². The number of hydrogen-bond donors (Lipinski definition) is 0. The van der Waals surface area contributed by atoms with Crippen molar-refractivity contribution >= 4 is 17.5 Å².